The van der Waals surface area contributed by atoms with E-state index in [0.717, 1.165) is 28.5 Å². The average molecular weight is 291 g/mol. The average Bonchev–Trinajstić information content (AvgIpc) is 2.55. The number of para-hydroxylation sites is 2. The van der Waals surface area contributed by atoms with Gasteiger partial charge in [0, 0.05) is 18.1 Å². The summed E-state index contributed by atoms with van der Waals surface area (Å²) in [6.45, 7) is 1.98. The third-order valence-corrected chi connectivity index (χ3v) is 3.75. The van der Waals surface area contributed by atoms with Gasteiger partial charge in [-0.05, 0) is 30.7 Å². The van der Waals surface area contributed by atoms with E-state index in [-0.39, 0.29) is 5.62 Å². The van der Waals surface area contributed by atoms with Gasteiger partial charge in [0.05, 0.1) is 11.9 Å². The molecule has 0 fully saturated rings. The van der Waals surface area contributed by atoms with Crippen LogP contribution in [0.5, 0.6) is 0 Å². The number of anilines is 2. The lowest BCUT2D eigenvalue weighted by molar-refractivity contribution is 0.912. The van der Waals surface area contributed by atoms with E-state index in [4.69, 9.17) is 10.8 Å². The SMILES string of the molecule is Cc1cccc2c(N(C)c3ccccc3)nc(=N)n(C=N)c12. The highest BCUT2D eigenvalue weighted by Gasteiger charge is 2.14. The van der Waals surface area contributed by atoms with Crippen LogP contribution in [0.3, 0.4) is 0 Å². The summed E-state index contributed by atoms with van der Waals surface area (Å²) in [4.78, 5) is 6.36. The number of benzene rings is 2. The second kappa shape index (κ2) is 5.44. The molecular weight excluding hydrogens is 274 g/mol. The zero-order valence-corrected chi connectivity index (χ0v) is 12.5. The zero-order chi connectivity index (χ0) is 15.7. The molecule has 0 aliphatic carbocycles. The van der Waals surface area contributed by atoms with Crippen molar-refractivity contribution >= 4 is 28.7 Å². The predicted octanol–water partition coefficient (Wildman–Crippen LogP) is 3.05. The van der Waals surface area contributed by atoms with Crippen LogP contribution in [0.15, 0.2) is 48.5 Å². The van der Waals surface area contributed by atoms with Crippen LogP contribution in [0.2, 0.25) is 0 Å². The van der Waals surface area contributed by atoms with Crippen LogP contribution >= 0.6 is 0 Å². The Bertz CT molecular complexity index is 896. The highest BCUT2D eigenvalue weighted by atomic mass is 15.2. The fourth-order valence-corrected chi connectivity index (χ4v) is 2.63. The minimum absolute atomic E-state index is 0.0505. The first-order valence-corrected chi connectivity index (χ1v) is 6.99. The molecule has 0 unspecified atom stereocenters. The van der Waals surface area contributed by atoms with Crippen molar-refractivity contribution in [2.24, 2.45) is 0 Å². The molecule has 0 saturated carbocycles. The van der Waals surface area contributed by atoms with Crippen molar-refractivity contribution in [2.75, 3.05) is 11.9 Å². The van der Waals surface area contributed by atoms with Gasteiger partial charge in [-0.25, -0.2) is 0 Å². The van der Waals surface area contributed by atoms with E-state index in [0.29, 0.717) is 5.82 Å². The first kappa shape index (κ1) is 14.0. The molecule has 2 aromatic carbocycles. The van der Waals surface area contributed by atoms with Gasteiger partial charge in [-0.3, -0.25) is 15.4 Å². The minimum Gasteiger partial charge on any atom is -0.329 e. The summed E-state index contributed by atoms with van der Waals surface area (Å²) in [6.07, 6.45) is 1.14. The van der Waals surface area contributed by atoms with E-state index in [1.807, 2.05) is 67.4 Å². The van der Waals surface area contributed by atoms with Crippen molar-refractivity contribution in [2.45, 2.75) is 6.92 Å². The van der Waals surface area contributed by atoms with E-state index in [9.17, 15) is 0 Å². The summed E-state index contributed by atoms with van der Waals surface area (Å²) in [7, 11) is 1.94. The van der Waals surface area contributed by atoms with Crippen LogP contribution in [-0.2, 0) is 0 Å². The summed E-state index contributed by atoms with van der Waals surface area (Å²) in [5.74, 6) is 0.716. The molecule has 5 nitrogen and oxygen atoms in total. The van der Waals surface area contributed by atoms with Crippen molar-refractivity contribution in [1.29, 1.82) is 10.8 Å². The number of aromatic nitrogens is 2. The third kappa shape index (κ3) is 2.16. The lowest BCUT2D eigenvalue weighted by atomic mass is 10.1. The Labute approximate surface area is 128 Å². The lowest BCUT2D eigenvalue weighted by Gasteiger charge is -2.21. The summed E-state index contributed by atoms with van der Waals surface area (Å²) in [6, 6.07) is 15.9. The van der Waals surface area contributed by atoms with Gasteiger partial charge >= 0.3 is 0 Å². The van der Waals surface area contributed by atoms with Gasteiger partial charge in [-0.1, -0.05) is 30.3 Å². The van der Waals surface area contributed by atoms with Gasteiger partial charge in [0.15, 0.2) is 0 Å². The van der Waals surface area contributed by atoms with Gasteiger partial charge in [0.25, 0.3) is 0 Å². The molecule has 0 bridgehead atoms. The summed E-state index contributed by atoms with van der Waals surface area (Å²) < 4.78 is 1.49. The fourth-order valence-electron chi connectivity index (χ4n) is 2.63. The summed E-state index contributed by atoms with van der Waals surface area (Å²) >= 11 is 0. The van der Waals surface area contributed by atoms with E-state index < -0.39 is 0 Å². The van der Waals surface area contributed by atoms with Crippen LogP contribution in [0, 0.1) is 17.7 Å². The van der Waals surface area contributed by atoms with Gasteiger partial charge in [0.2, 0.25) is 5.62 Å². The first-order chi connectivity index (χ1) is 10.6. The Morgan fingerprint density at radius 2 is 1.82 bits per heavy atom. The largest absolute Gasteiger partial charge is 0.329 e. The maximum Gasteiger partial charge on any atom is 0.229 e. The maximum atomic E-state index is 8.12. The Morgan fingerprint density at radius 3 is 2.50 bits per heavy atom. The van der Waals surface area contributed by atoms with Crippen LogP contribution in [0.4, 0.5) is 11.5 Å². The number of nitrogens with zero attached hydrogens (tertiary/aromatic N) is 3. The molecular formula is C17H17N5. The first-order valence-electron chi connectivity index (χ1n) is 6.99. The number of aryl methyl sites for hydroxylation is 1. The molecule has 1 heterocycles. The highest BCUT2D eigenvalue weighted by Crippen LogP contribution is 2.28. The van der Waals surface area contributed by atoms with Crippen molar-refractivity contribution < 1.29 is 0 Å². The lowest BCUT2D eigenvalue weighted by Crippen LogP contribution is -2.27. The Balaban J connectivity index is 2.34. The zero-order valence-electron chi connectivity index (χ0n) is 12.5. The topological polar surface area (TPSA) is 68.8 Å². The number of hydrogen-bond acceptors (Lipinski definition) is 4. The molecule has 0 aliphatic rings. The van der Waals surface area contributed by atoms with Gasteiger partial charge < -0.3 is 4.90 Å². The Kier molecular flexibility index (Phi) is 3.47. The van der Waals surface area contributed by atoms with Crippen LogP contribution in [0.25, 0.3) is 10.9 Å². The molecule has 0 amide bonds. The van der Waals surface area contributed by atoms with Gasteiger partial charge in [0.1, 0.15) is 5.82 Å². The van der Waals surface area contributed by atoms with Crippen molar-refractivity contribution in [1.82, 2.24) is 9.55 Å². The molecule has 22 heavy (non-hydrogen) atoms. The number of nitrogens with one attached hydrogen (secondary N) is 2. The standard InChI is InChI=1S/C17H17N5/c1-12-7-6-10-14-15(12)22(11-18)17(19)20-16(14)21(2)13-8-4-3-5-9-13/h3-11,18-19H,1-2H3. The number of hydrogen-bond donors (Lipinski definition) is 2. The van der Waals surface area contributed by atoms with Crippen molar-refractivity contribution in [3.05, 3.63) is 59.7 Å². The highest BCUT2D eigenvalue weighted by molar-refractivity contribution is 5.95. The molecule has 3 aromatic rings. The normalized spacial score (nSPS) is 10.6. The minimum atomic E-state index is 0.0505. The van der Waals surface area contributed by atoms with Gasteiger partial charge in [-0.2, -0.15) is 4.98 Å². The molecule has 0 saturated heterocycles. The van der Waals surface area contributed by atoms with E-state index in [1.165, 1.54) is 4.57 Å². The second-order valence-electron chi connectivity index (χ2n) is 5.12. The molecule has 3 rings (SSSR count). The second-order valence-corrected chi connectivity index (χ2v) is 5.12. The number of rotatable bonds is 3. The summed E-state index contributed by atoms with van der Waals surface area (Å²) in [5.41, 5.74) is 2.91. The molecule has 5 heteroatoms. The van der Waals surface area contributed by atoms with E-state index in [2.05, 4.69) is 4.98 Å². The van der Waals surface area contributed by atoms with Crippen molar-refractivity contribution in [3.63, 3.8) is 0 Å². The monoisotopic (exact) mass is 291 g/mol. The van der Waals surface area contributed by atoms with Crippen molar-refractivity contribution in [3.8, 4) is 0 Å². The molecule has 0 aliphatic heterocycles. The maximum absolute atomic E-state index is 8.12. The van der Waals surface area contributed by atoms with Crippen LogP contribution in [0.1, 0.15) is 5.56 Å². The Morgan fingerprint density at radius 1 is 1.09 bits per heavy atom. The van der Waals surface area contributed by atoms with E-state index >= 15 is 0 Å². The quantitative estimate of drug-likeness (QED) is 0.575. The molecule has 0 radical (unpaired) electrons. The fraction of sp³-hybridized carbons (Fsp3) is 0.118. The summed E-state index contributed by atoms with van der Waals surface area (Å²) in [5, 5.41) is 16.6. The molecule has 2 N–H and O–H groups in total. The third-order valence-electron chi connectivity index (χ3n) is 3.75. The smallest absolute Gasteiger partial charge is 0.229 e. The number of fused-ring (bicyclic) bond motifs is 1. The van der Waals surface area contributed by atoms with Crippen LogP contribution < -0.4 is 10.5 Å². The molecule has 0 spiro atoms. The predicted molar refractivity (Wildman–Crippen MR) is 89.0 cm³/mol. The molecule has 0 atom stereocenters. The Hall–Kier alpha value is -2.95. The van der Waals surface area contributed by atoms with Gasteiger partial charge in [-0.15, -0.1) is 0 Å². The molecule has 110 valence electrons. The molecule has 1 aromatic heterocycles. The van der Waals surface area contributed by atoms with Crippen LogP contribution in [-0.4, -0.2) is 22.9 Å². The van der Waals surface area contributed by atoms with E-state index in [1.54, 1.807) is 0 Å².